The highest BCUT2D eigenvalue weighted by Gasteiger charge is 2.19. The standard InChI is InChI=1S/C14H11FN2O2S/c1-10-6-7-12(15)8-13(10)17-20(18,19)14-5-3-2-4-11(14)9-16/h2-8,17H,1H3. The number of aryl methyl sites for hydroxylation is 1. The number of halogens is 1. The van der Waals surface area contributed by atoms with Crippen LogP contribution >= 0.6 is 0 Å². The highest BCUT2D eigenvalue weighted by molar-refractivity contribution is 7.92. The lowest BCUT2D eigenvalue weighted by Crippen LogP contribution is -2.15. The molecule has 102 valence electrons. The molecule has 1 N–H and O–H groups in total. The summed E-state index contributed by atoms with van der Waals surface area (Å²) in [4.78, 5) is -0.133. The topological polar surface area (TPSA) is 70.0 Å². The first-order chi connectivity index (χ1) is 9.44. The van der Waals surface area contributed by atoms with Crippen LogP contribution in [0.4, 0.5) is 10.1 Å². The highest BCUT2D eigenvalue weighted by atomic mass is 32.2. The third-order valence-electron chi connectivity index (χ3n) is 2.74. The first kappa shape index (κ1) is 14.0. The molecular formula is C14H11FN2O2S. The minimum Gasteiger partial charge on any atom is -0.279 e. The second-order valence-corrected chi connectivity index (χ2v) is 5.82. The molecule has 0 amide bonds. The summed E-state index contributed by atoms with van der Waals surface area (Å²) in [6.45, 7) is 1.66. The van der Waals surface area contributed by atoms with Gasteiger partial charge in [0.05, 0.1) is 11.3 Å². The third-order valence-corrected chi connectivity index (χ3v) is 4.16. The summed E-state index contributed by atoms with van der Waals surface area (Å²) in [5.41, 5.74) is 0.774. The fraction of sp³-hybridized carbons (Fsp3) is 0.0714. The van der Waals surface area contributed by atoms with E-state index in [0.717, 1.165) is 6.07 Å². The quantitative estimate of drug-likeness (QED) is 0.945. The number of hydrogen-bond acceptors (Lipinski definition) is 3. The predicted octanol–water partition coefficient (Wildman–Crippen LogP) is 2.81. The molecular weight excluding hydrogens is 279 g/mol. The molecule has 0 aromatic heterocycles. The van der Waals surface area contributed by atoms with E-state index in [9.17, 15) is 12.8 Å². The van der Waals surface area contributed by atoms with Crippen molar-refractivity contribution in [2.45, 2.75) is 11.8 Å². The van der Waals surface area contributed by atoms with Crippen LogP contribution in [0.3, 0.4) is 0 Å². The number of hydrogen-bond donors (Lipinski definition) is 1. The molecule has 0 saturated carbocycles. The summed E-state index contributed by atoms with van der Waals surface area (Å²) >= 11 is 0. The van der Waals surface area contributed by atoms with E-state index in [1.807, 2.05) is 6.07 Å². The molecule has 6 heteroatoms. The highest BCUT2D eigenvalue weighted by Crippen LogP contribution is 2.22. The van der Waals surface area contributed by atoms with Crippen LogP contribution in [-0.2, 0) is 10.0 Å². The molecule has 0 atom stereocenters. The van der Waals surface area contributed by atoms with Crippen molar-refractivity contribution in [1.82, 2.24) is 0 Å². The van der Waals surface area contributed by atoms with E-state index in [1.54, 1.807) is 13.0 Å². The largest absolute Gasteiger partial charge is 0.279 e. The van der Waals surface area contributed by atoms with Gasteiger partial charge in [0.25, 0.3) is 10.0 Å². The van der Waals surface area contributed by atoms with Crippen molar-refractivity contribution in [2.75, 3.05) is 4.72 Å². The Morgan fingerprint density at radius 3 is 2.60 bits per heavy atom. The third kappa shape index (κ3) is 2.78. The maximum Gasteiger partial charge on any atom is 0.263 e. The smallest absolute Gasteiger partial charge is 0.263 e. The van der Waals surface area contributed by atoms with Crippen LogP contribution in [-0.4, -0.2) is 8.42 Å². The molecule has 0 spiro atoms. The van der Waals surface area contributed by atoms with Crippen LogP contribution in [0.1, 0.15) is 11.1 Å². The fourth-order valence-electron chi connectivity index (χ4n) is 1.70. The lowest BCUT2D eigenvalue weighted by atomic mass is 10.2. The van der Waals surface area contributed by atoms with Crippen LogP contribution in [0.5, 0.6) is 0 Å². The Labute approximate surface area is 116 Å². The molecule has 0 heterocycles. The number of benzene rings is 2. The zero-order valence-electron chi connectivity index (χ0n) is 10.6. The Morgan fingerprint density at radius 1 is 1.20 bits per heavy atom. The van der Waals surface area contributed by atoms with E-state index in [1.165, 1.54) is 30.3 Å². The first-order valence-corrected chi connectivity index (χ1v) is 7.20. The Kier molecular flexibility index (Phi) is 3.72. The van der Waals surface area contributed by atoms with Crippen molar-refractivity contribution in [2.24, 2.45) is 0 Å². The SMILES string of the molecule is Cc1ccc(F)cc1NS(=O)(=O)c1ccccc1C#N. The number of nitrogens with zero attached hydrogens (tertiary/aromatic N) is 1. The molecule has 2 aromatic carbocycles. The van der Waals surface area contributed by atoms with E-state index in [2.05, 4.69) is 4.72 Å². The summed E-state index contributed by atoms with van der Waals surface area (Å²) in [6.07, 6.45) is 0. The Morgan fingerprint density at radius 2 is 1.90 bits per heavy atom. The van der Waals surface area contributed by atoms with Gasteiger partial charge in [-0.25, -0.2) is 12.8 Å². The number of anilines is 1. The number of nitriles is 1. The lowest BCUT2D eigenvalue weighted by molar-refractivity contribution is 0.600. The summed E-state index contributed by atoms with van der Waals surface area (Å²) in [7, 11) is -3.93. The molecule has 0 saturated heterocycles. The van der Waals surface area contributed by atoms with Crippen molar-refractivity contribution in [3.63, 3.8) is 0 Å². The van der Waals surface area contributed by atoms with Gasteiger partial charge >= 0.3 is 0 Å². The average Bonchev–Trinajstić information content (AvgIpc) is 2.42. The Bertz CT molecular complexity index is 795. The van der Waals surface area contributed by atoms with Crippen LogP contribution < -0.4 is 4.72 Å². The van der Waals surface area contributed by atoms with Gasteiger partial charge < -0.3 is 0 Å². The molecule has 2 rings (SSSR count). The molecule has 0 radical (unpaired) electrons. The molecule has 2 aromatic rings. The molecule has 0 aliphatic carbocycles. The van der Waals surface area contributed by atoms with Gasteiger partial charge in [-0.3, -0.25) is 4.72 Å². The summed E-state index contributed by atoms with van der Waals surface area (Å²) in [6, 6.07) is 11.5. The van der Waals surface area contributed by atoms with Gasteiger partial charge in [0, 0.05) is 0 Å². The summed E-state index contributed by atoms with van der Waals surface area (Å²) in [5, 5.41) is 8.94. The van der Waals surface area contributed by atoms with E-state index in [0.29, 0.717) is 5.56 Å². The van der Waals surface area contributed by atoms with Crippen LogP contribution in [0.2, 0.25) is 0 Å². The summed E-state index contributed by atoms with van der Waals surface area (Å²) < 4.78 is 40.0. The zero-order chi connectivity index (χ0) is 14.8. The second kappa shape index (κ2) is 5.31. The molecule has 0 aliphatic heterocycles. The minimum absolute atomic E-state index is 0.0362. The van der Waals surface area contributed by atoms with Crippen LogP contribution in [0.15, 0.2) is 47.4 Å². The predicted molar refractivity (Wildman–Crippen MR) is 73.1 cm³/mol. The normalized spacial score (nSPS) is 10.8. The average molecular weight is 290 g/mol. The zero-order valence-corrected chi connectivity index (χ0v) is 11.4. The molecule has 0 aliphatic rings. The maximum atomic E-state index is 13.2. The van der Waals surface area contributed by atoms with Gasteiger partial charge in [0.15, 0.2) is 0 Å². The number of rotatable bonds is 3. The van der Waals surface area contributed by atoms with Crippen molar-refractivity contribution in [3.8, 4) is 6.07 Å². The number of nitrogens with one attached hydrogen (secondary N) is 1. The summed E-state index contributed by atoms with van der Waals surface area (Å²) in [5.74, 6) is -0.540. The monoisotopic (exact) mass is 290 g/mol. The van der Waals surface area contributed by atoms with Crippen molar-refractivity contribution < 1.29 is 12.8 Å². The molecule has 0 fully saturated rings. The number of sulfonamides is 1. The molecule has 4 nitrogen and oxygen atoms in total. The van der Waals surface area contributed by atoms with E-state index < -0.39 is 15.8 Å². The Balaban J connectivity index is 2.47. The molecule has 0 bridgehead atoms. The second-order valence-electron chi connectivity index (χ2n) is 4.17. The van der Waals surface area contributed by atoms with Gasteiger partial charge in [-0.05, 0) is 36.8 Å². The van der Waals surface area contributed by atoms with Crippen LogP contribution in [0, 0.1) is 24.1 Å². The fourth-order valence-corrected chi connectivity index (χ4v) is 2.98. The van der Waals surface area contributed by atoms with Crippen molar-refractivity contribution >= 4 is 15.7 Å². The molecule has 0 unspecified atom stereocenters. The van der Waals surface area contributed by atoms with Gasteiger partial charge in [0.1, 0.15) is 16.8 Å². The van der Waals surface area contributed by atoms with Gasteiger partial charge in [-0.2, -0.15) is 5.26 Å². The maximum absolute atomic E-state index is 13.2. The van der Waals surface area contributed by atoms with Gasteiger partial charge in [-0.15, -0.1) is 0 Å². The van der Waals surface area contributed by atoms with Crippen molar-refractivity contribution in [1.29, 1.82) is 5.26 Å². The minimum atomic E-state index is -3.93. The lowest BCUT2D eigenvalue weighted by Gasteiger charge is -2.11. The van der Waals surface area contributed by atoms with Gasteiger partial charge in [-0.1, -0.05) is 18.2 Å². The van der Waals surface area contributed by atoms with E-state index >= 15 is 0 Å². The first-order valence-electron chi connectivity index (χ1n) is 5.72. The van der Waals surface area contributed by atoms with E-state index in [-0.39, 0.29) is 16.1 Å². The van der Waals surface area contributed by atoms with Crippen LogP contribution in [0.25, 0.3) is 0 Å². The Hall–Kier alpha value is -2.39. The van der Waals surface area contributed by atoms with E-state index in [4.69, 9.17) is 5.26 Å². The van der Waals surface area contributed by atoms with Gasteiger partial charge in [0.2, 0.25) is 0 Å². The van der Waals surface area contributed by atoms with Crippen molar-refractivity contribution in [3.05, 3.63) is 59.4 Å². The molecule has 20 heavy (non-hydrogen) atoms.